The molecule has 2 N–H and O–H groups in total. The van der Waals surface area contributed by atoms with Gasteiger partial charge in [-0.1, -0.05) is 23.8 Å². The Morgan fingerprint density at radius 2 is 2.11 bits per heavy atom. The standard InChI is InChI=1S/C20H22N6O/c1-12-6-7-16(13(2)9-12)25-19(27)17-14(3)24-20-22-11-23-26(20)18(17)15-5-4-8-21-10-15/h4-11,14,17-18H,1-3H3,(H,25,27)(H,22,23,24)/t14-,17+,18-/m1/s1. The zero-order valence-corrected chi connectivity index (χ0v) is 15.5. The second kappa shape index (κ2) is 6.83. The van der Waals surface area contributed by atoms with Crippen molar-refractivity contribution in [3.8, 4) is 0 Å². The highest BCUT2D eigenvalue weighted by atomic mass is 16.2. The van der Waals surface area contributed by atoms with Crippen LogP contribution in [0.2, 0.25) is 0 Å². The fourth-order valence-electron chi connectivity index (χ4n) is 3.72. The van der Waals surface area contributed by atoms with Gasteiger partial charge in [-0.3, -0.25) is 9.78 Å². The van der Waals surface area contributed by atoms with E-state index in [-0.39, 0.29) is 23.9 Å². The van der Waals surface area contributed by atoms with Gasteiger partial charge in [0, 0.05) is 24.1 Å². The number of hydrogen-bond donors (Lipinski definition) is 2. The Kier molecular flexibility index (Phi) is 4.35. The van der Waals surface area contributed by atoms with Crippen molar-refractivity contribution >= 4 is 17.5 Å². The summed E-state index contributed by atoms with van der Waals surface area (Å²) in [5.41, 5.74) is 3.96. The summed E-state index contributed by atoms with van der Waals surface area (Å²) in [4.78, 5) is 21.8. The Hall–Kier alpha value is -3.22. The average molecular weight is 362 g/mol. The van der Waals surface area contributed by atoms with Gasteiger partial charge in [0.25, 0.3) is 0 Å². The first-order valence-electron chi connectivity index (χ1n) is 8.98. The van der Waals surface area contributed by atoms with Crippen molar-refractivity contribution in [1.29, 1.82) is 0 Å². The summed E-state index contributed by atoms with van der Waals surface area (Å²) in [6, 6.07) is 9.46. The zero-order chi connectivity index (χ0) is 19.0. The lowest BCUT2D eigenvalue weighted by Crippen LogP contribution is -2.46. The SMILES string of the molecule is Cc1ccc(NC(=O)[C@@H]2[C@@H](c3cccnc3)n3ncnc3N[C@@H]2C)c(C)c1. The molecule has 1 amide bonds. The molecule has 0 spiro atoms. The number of anilines is 2. The fraction of sp³-hybridized carbons (Fsp3) is 0.300. The van der Waals surface area contributed by atoms with Crippen molar-refractivity contribution in [1.82, 2.24) is 19.7 Å². The number of hydrogen-bond acceptors (Lipinski definition) is 5. The number of aryl methyl sites for hydroxylation is 2. The third kappa shape index (κ3) is 3.16. The van der Waals surface area contributed by atoms with Gasteiger partial charge in [0.1, 0.15) is 6.33 Å². The van der Waals surface area contributed by atoms with Crippen LogP contribution < -0.4 is 10.6 Å². The number of amides is 1. The Morgan fingerprint density at radius 3 is 2.85 bits per heavy atom. The van der Waals surface area contributed by atoms with E-state index in [0.29, 0.717) is 5.95 Å². The van der Waals surface area contributed by atoms with E-state index in [9.17, 15) is 4.79 Å². The zero-order valence-electron chi connectivity index (χ0n) is 15.5. The molecule has 2 aromatic heterocycles. The molecule has 0 saturated carbocycles. The maximum atomic E-state index is 13.3. The highest BCUT2D eigenvalue weighted by Gasteiger charge is 2.41. The van der Waals surface area contributed by atoms with E-state index >= 15 is 0 Å². The minimum atomic E-state index is -0.371. The maximum Gasteiger partial charge on any atom is 0.232 e. The molecule has 138 valence electrons. The molecule has 1 aliphatic rings. The van der Waals surface area contributed by atoms with Crippen LogP contribution in [0.5, 0.6) is 0 Å². The molecule has 1 aromatic carbocycles. The predicted molar refractivity (Wildman–Crippen MR) is 104 cm³/mol. The molecule has 7 nitrogen and oxygen atoms in total. The lowest BCUT2D eigenvalue weighted by Gasteiger charge is -2.36. The van der Waals surface area contributed by atoms with Crippen LogP contribution in [0.25, 0.3) is 0 Å². The van der Waals surface area contributed by atoms with Gasteiger partial charge in [-0.25, -0.2) is 4.68 Å². The molecule has 3 atom stereocenters. The number of nitrogens with zero attached hydrogens (tertiary/aromatic N) is 4. The van der Waals surface area contributed by atoms with Crippen LogP contribution in [0, 0.1) is 19.8 Å². The first-order chi connectivity index (χ1) is 13.0. The lowest BCUT2D eigenvalue weighted by molar-refractivity contribution is -0.121. The molecule has 0 bridgehead atoms. The van der Waals surface area contributed by atoms with Crippen LogP contribution >= 0.6 is 0 Å². The number of carbonyl (C=O) groups excluding carboxylic acids is 1. The summed E-state index contributed by atoms with van der Waals surface area (Å²) in [5, 5.41) is 10.7. The minimum absolute atomic E-state index is 0.0584. The number of benzene rings is 1. The summed E-state index contributed by atoms with van der Waals surface area (Å²) in [6.07, 6.45) is 5.01. The van der Waals surface area contributed by atoms with Gasteiger partial charge in [-0.2, -0.15) is 10.1 Å². The normalized spacial score (nSPS) is 21.2. The van der Waals surface area contributed by atoms with E-state index in [4.69, 9.17) is 0 Å². The van der Waals surface area contributed by atoms with Crippen molar-refractivity contribution in [2.75, 3.05) is 10.6 Å². The number of nitrogens with one attached hydrogen (secondary N) is 2. The number of aromatic nitrogens is 4. The molecule has 3 heterocycles. The molecular formula is C20H22N6O. The third-order valence-corrected chi connectivity index (χ3v) is 5.04. The summed E-state index contributed by atoms with van der Waals surface area (Å²) < 4.78 is 1.77. The Morgan fingerprint density at radius 1 is 1.26 bits per heavy atom. The van der Waals surface area contributed by atoms with E-state index in [1.54, 1.807) is 17.1 Å². The summed E-state index contributed by atoms with van der Waals surface area (Å²) in [7, 11) is 0. The van der Waals surface area contributed by atoms with Crippen molar-refractivity contribution in [2.24, 2.45) is 5.92 Å². The summed E-state index contributed by atoms with van der Waals surface area (Å²) in [5.74, 6) is 0.230. The number of fused-ring (bicyclic) bond motifs is 1. The largest absolute Gasteiger partial charge is 0.351 e. The highest BCUT2D eigenvalue weighted by molar-refractivity contribution is 5.94. The van der Waals surface area contributed by atoms with Gasteiger partial charge < -0.3 is 10.6 Å². The van der Waals surface area contributed by atoms with Gasteiger partial charge in [0.05, 0.1) is 12.0 Å². The smallest absolute Gasteiger partial charge is 0.232 e. The average Bonchev–Trinajstić information content (AvgIpc) is 3.11. The number of rotatable bonds is 3. The molecule has 0 radical (unpaired) electrons. The molecule has 0 unspecified atom stereocenters. The van der Waals surface area contributed by atoms with Crippen LogP contribution in [0.4, 0.5) is 11.6 Å². The molecule has 0 fully saturated rings. The summed E-state index contributed by atoms with van der Waals surface area (Å²) >= 11 is 0. The molecule has 27 heavy (non-hydrogen) atoms. The first-order valence-corrected chi connectivity index (χ1v) is 8.98. The Bertz CT molecular complexity index is 968. The Balaban J connectivity index is 1.71. The van der Waals surface area contributed by atoms with Gasteiger partial charge in [0.2, 0.25) is 11.9 Å². The van der Waals surface area contributed by atoms with Gasteiger partial charge >= 0.3 is 0 Å². The van der Waals surface area contributed by atoms with E-state index in [1.165, 1.54) is 11.9 Å². The van der Waals surface area contributed by atoms with E-state index < -0.39 is 0 Å². The molecule has 7 heteroatoms. The second-order valence-corrected chi connectivity index (χ2v) is 7.03. The van der Waals surface area contributed by atoms with Crippen molar-refractivity contribution in [3.63, 3.8) is 0 Å². The quantitative estimate of drug-likeness (QED) is 0.748. The van der Waals surface area contributed by atoms with Crippen LogP contribution in [0.15, 0.2) is 49.1 Å². The molecule has 1 aliphatic heterocycles. The molecule has 0 aliphatic carbocycles. The topological polar surface area (TPSA) is 84.7 Å². The molecule has 0 saturated heterocycles. The van der Waals surface area contributed by atoms with E-state index in [2.05, 4.69) is 31.8 Å². The molecule has 4 rings (SSSR count). The highest BCUT2D eigenvalue weighted by Crippen LogP contribution is 2.36. The van der Waals surface area contributed by atoms with Crippen LogP contribution in [-0.2, 0) is 4.79 Å². The first kappa shape index (κ1) is 17.2. The monoisotopic (exact) mass is 362 g/mol. The van der Waals surface area contributed by atoms with Gasteiger partial charge in [-0.05, 0) is 44.0 Å². The van der Waals surface area contributed by atoms with Crippen molar-refractivity contribution in [3.05, 3.63) is 65.7 Å². The maximum absolute atomic E-state index is 13.3. The van der Waals surface area contributed by atoms with Gasteiger partial charge in [-0.15, -0.1) is 0 Å². The predicted octanol–water partition coefficient (Wildman–Crippen LogP) is 2.95. The van der Waals surface area contributed by atoms with Crippen molar-refractivity contribution in [2.45, 2.75) is 32.9 Å². The van der Waals surface area contributed by atoms with Crippen molar-refractivity contribution < 1.29 is 4.79 Å². The lowest BCUT2D eigenvalue weighted by atomic mass is 9.86. The molecule has 3 aromatic rings. The summed E-state index contributed by atoms with van der Waals surface area (Å²) in [6.45, 7) is 6.03. The third-order valence-electron chi connectivity index (χ3n) is 5.04. The van der Waals surface area contributed by atoms with E-state index in [0.717, 1.165) is 16.8 Å². The number of pyridine rings is 1. The van der Waals surface area contributed by atoms with Crippen LogP contribution in [0.1, 0.15) is 29.7 Å². The number of carbonyl (C=O) groups is 1. The minimum Gasteiger partial charge on any atom is -0.351 e. The van der Waals surface area contributed by atoms with Crippen LogP contribution in [-0.4, -0.2) is 31.7 Å². The Labute approximate surface area is 157 Å². The fourth-order valence-corrected chi connectivity index (χ4v) is 3.72. The van der Waals surface area contributed by atoms with E-state index in [1.807, 2.05) is 45.0 Å². The molecular weight excluding hydrogens is 340 g/mol. The van der Waals surface area contributed by atoms with Crippen LogP contribution in [0.3, 0.4) is 0 Å². The second-order valence-electron chi connectivity index (χ2n) is 7.03. The van der Waals surface area contributed by atoms with Gasteiger partial charge in [0.15, 0.2) is 0 Å².